The molecule has 154 valence electrons. The van der Waals surface area contributed by atoms with E-state index in [9.17, 15) is 21.4 Å². The van der Waals surface area contributed by atoms with Crippen molar-refractivity contribution in [1.29, 1.82) is 0 Å². The quantitative estimate of drug-likeness (QED) is 0.512. The lowest BCUT2D eigenvalue weighted by atomic mass is 10.3. The highest BCUT2D eigenvalue weighted by Crippen LogP contribution is 2.32. The first-order valence-corrected chi connectivity index (χ1v) is 11.1. The van der Waals surface area contributed by atoms with Crippen molar-refractivity contribution in [2.45, 2.75) is 16.3 Å². The third-order valence-electron chi connectivity index (χ3n) is 3.81. The van der Waals surface area contributed by atoms with E-state index >= 15 is 0 Å². The molecule has 0 atom stereocenters. The molecule has 9 nitrogen and oxygen atoms in total. The number of rotatable bonds is 8. The molecule has 0 saturated heterocycles. The van der Waals surface area contributed by atoms with Gasteiger partial charge in [-0.1, -0.05) is 0 Å². The molecule has 0 radical (unpaired) electrons. The zero-order chi connectivity index (χ0) is 21.1. The van der Waals surface area contributed by atoms with Crippen LogP contribution in [0.25, 0.3) is 0 Å². The number of ether oxygens (including phenoxy) is 2. The fourth-order valence-electron chi connectivity index (χ4n) is 2.37. The van der Waals surface area contributed by atoms with Crippen molar-refractivity contribution in [3.8, 4) is 17.2 Å². The molecule has 1 heterocycles. The van der Waals surface area contributed by atoms with Gasteiger partial charge in [0.15, 0.2) is 0 Å². The Hall–Kier alpha value is -2.86. The molecule has 0 saturated carbocycles. The summed E-state index contributed by atoms with van der Waals surface area (Å²) in [6, 6.07) is 12.5. The van der Waals surface area contributed by atoms with E-state index < -0.39 is 29.9 Å². The molecule has 29 heavy (non-hydrogen) atoms. The van der Waals surface area contributed by atoms with Gasteiger partial charge in [-0.15, -0.1) is 0 Å². The Morgan fingerprint density at radius 3 is 2.28 bits per heavy atom. The lowest BCUT2D eigenvalue weighted by molar-refractivity contribution is 0.412. The topological polar surface area (TPSA) is 132 Å². The second-order valence-corrected chi connectivity index (χ2v) is 8.92. The molecule has 0 unspecified atom stereocenters. The number of hydrogen-bond donors (Lipinski definition) is 2. The van der Waals surface area contributed by atoms with Gasteiger partial charge in [-0.25, -0.2) is 13.1 Å². The summed E-state index contributed by atoms with van der Waals surface area (Å²) in [6.45, 7) is -0.159. The molecule has 0 aliphatic carbocycles. The predicted octanol–water partition coefficient (Wildman–Crippen LogP) is 2.81. The van der Waals surface area contributed by atoms with Crippen LogP contribution in [0.15, 0.2) is 75.1 Å². The van der Waals surface area contributed by atoms with Gasteiger partial charge in [-0.3, -0.25) is 4.55 Å². The molecule has 3 rings (SSSR count). The minimum absolute atomic E-state index is 0.130. The summed E-state index contributed by atoms with van der Waals surface area (Å²) < 4.78 is 75.9. The summed E-state index contributed by atoms with van der Waals surface area (Å²) in [5.41, 5.74) is 0. The predicted molar refractivity (Wildman–Crippen MR) is 102 cm³/mol. The van der Waals surface area contributed by atoms with Crippen molar-refractivity contribution in [1.82, 2.24) is 4.72 Å². The fraction of sp³-hybridized carbons (Fsp3) is 0.111. The van der Waals surface area contributed by atoms with Crippen LogP contribution in [0.5, 0.6) is 17.2 Å². The average Bonchev–Trinajstić information content (AvgIpc) is 3.20. The molecular weight excluding hydrogens is 422 g/mol. The number of sulfonamides is 1. The standard InChI is InChI=1S/C18H17NO8S2/c1-25-13-4-6-14(7-5-13)27-17-9-8-16(29(22,23)24)11-18(17)28(20,21)19-12-15-3-2-10-26-15/h2-11,19H,12H2,1H3,(H,22,23,24). The lowest BCUT2D eigenvalue weighted by Crippen LogP contribution is -2.23. The zero-order valence-corrected chi connectivity index (χ0v) is 16.7. The van der Waals surface area contributed by atoms with Gasteiger partial charge in [0.2, 0.25) is 10.0 Å². The highest BCUT2D eigenvalue weighted by atomic mass is 32.2. The summed E-state index contributed by atoms with van der Waals surface area (Å²) in [5.74, 6) is 1.10. The van der Waals surface area contributed by atoms with Crippen LogP contribution < -0.4 is 14.2 Å². The Labute approximate surface area is 167 Å². The fourth-order valence-corrected chi connectivity index (χ4v) is 4.10. The van der Waals surface area contributed by atoms with Gasteiger partial charge in [-0.05, 0) is 54.6 Å². The molecule has 11 heteroatoms. The van der Waals surface area contributed by atoms with Crippen molar-refractivity contribution in [2.24, 2.45) is 0 Å². The Kier molecular flexibility index (Phi) is 5.94. The van der Waals surface area contributed by atoms with Crippen LogP contribution in [0, 0.1) is 0 Å². The lowest BCUT2D eigenvalue weighted by Gasteiger charge is -2.13. The molecule has 3 aromatic rings. The van der Waals surface area contributed by atoms with Gasteiger partial charge in [0.1, 0.15) is 27.9 Å². The number of nitrogens with one attached hydrogen (secondary N) is 1. The van der Waals surface area contributed by atoms with Crippen LogP contribution in [0.1, 0.15) is 5.76 Å². The van der Waals surface area contributed by atoms with Gasteiger partial charge < -0.3 is 13.9 Å². The van der Waals surface area contributed by atoms with Crippen LogP contribution in [0.2, 0.25) is 0 Å². The summed E-state index contributed by atoms with van der Waals surface area (Å²) in [5, 5.41) is 0. The Morgan fingerprint density at radius 1 is 1.00 bits per heavy atom. The molecule has 2 aromatic carbocycles. The zero-order valence-electron chi connectivity index (χ0n) is 15.1. The first-order chi connectivity index (χ1) is 13.7. The number of methoxy groups -OCH3 is 1. The van der Waals surface area contributed by atoms with E-state index in [-0.39, 0.29) is 12.3 Å². The van der Waals surface area contributed by atoms with Gasteiger partial charge >= 0.3 is 0 Å². The first kappa shape index (κ1) is 20.9. The van der Waals surface area contributed by atoms with E-state index in [1.54, 1.807) is 36.4 Å². The molecule has 0 aliphatic rings. The maximum atomic E-state index is 12.8. The third kappa shape index (κ3) is 5.15. The van der Waals surface area contributed by atoms with E-state index in [0.717, 1.165) is 18.2 Å². The van der Waals surface area contributed by atoms with Crippen molar-refractivity contribution < 1.29 is 35.3 Å². The molecular formula is C18H17NO8S2. The molecule has 0 amide bonds. The summed E-state index contributed by atoms with van der Waals surface area (Å²) in [7, 11) is -7.34. The summed E-state index contributed by atoms with van der Waals surface area (Å²) >= 11 is 0. The molecule has 0 spiro atoms. The van der Waals surface area contributed by atoms with Crippen LogP contribution in [-0.2, 0) is 26.7 Å². The maximum absolute atomic E-state index is 12.8. The largest absolute Gasteiger partial charge is 0.497 e. The smallest absolute Gasteiger partial charge is 0.294 e. The van der Waals surface area contributed by atoms with Gasteiger partial charge in [0.25, 0.3) is 10.1 Å². The number of furan rings is 1. The molecule has 1 aromatic heterocycles. The minimum Gasteiger partial charge on any atom is -0.497 e. The number of benzene rings is 2. The Morgan fingerprint density at radius 2 is 1.69 bits per heavy atom. The van der Waals surface area contributed by atoms with Crippen LogP contribution in [-0.4, -0.2) is 28.5 Å². The van der Waals surface area contributed by atoms with E-state index in [2.05, 4.69) is 4.72 Å². The van der Waals surface area contributed by atoms with Crippen LogP contribution in [0.4, 0.5) is 0 Å². The van der Waals surface area contributed by atoms with Crippen LogP contribution in [0.3, 0.4) is 0 Å². The SMILES string of the molecule is COc1ccc(Oc2ccc(S(=O)(=O)O)cc2S(=O)(=O)NCc2ccco2)cc1. The molecule has 2 N–H and O–H groups in total. The molecule has 0 aliphatic heterocycles. The van der Waals surface area contributed by atoms with Crippen molar-refractivity contribution in [3.63, 3.8) is 0 Å². The Balaban J connectivity index is 1.98. The van der Waals surface area contributed by atoms with Gasteiger partial charge in [0.05, 0.1) is 24.8 Å². The third-order valence-corrected chi connectivity index (χ3v) is 6.08. The monoisotopic (exact) mass is 439 g/mol. The van der Waals surface area contributed by atoms with Crippen molar-refractivity contribution in [3.05, 3.63) is 66.6 Å². The van der Waals surface area contributed by atoms with Crippen molar-refractivity contribution in [2.75, 3.05) is 7.11 Å². The molecule has 0 fully saturated rings. The van der Waals surface area contributed by atoms with E-state index in [4.69, 9.17) is 13.9 Å². The average molecular weight is 439 g/mol. The van der Waals surface area contributed by atoms with E-state index in [1.807, 2.05) is 0 Å². The maximum Gasteiger partial charge on any atom is 0.294 e. The molecule has 0 bridgehead atoms. The Bertz CT molecular complexity index is 1190. The van der Waals surface area contributed by atoms with Gasteiger partial charge in [0, 0.05) is 0 Å². The summed E-state index contributed by atoms with van der Waals surface area (Å²) in [6.07, 6.45) is 1.39. The minimum atomic E-state index is -4.63. The van der Waals surface area contributed by atoms with Gasteiger partial charge in [-0.2, -0.15) is 8.42 Å². The van der Waals surface area contributed by atoms with E-state index in [1.165, 1.54) is 13.4 Å². The second kappa shape index (κ2) is 8.25. The van der Waals surface area contributed by atoms with Crippen LogP contribution >= 0.6 is 0 Å². The van der Waals surface area contributed by atoms with E-state index in [0.29, 0.717) is 17.3 Å². The highest BCUT2D eigenvalue weighted by Gasteiger charge is 2.24. The van der Waals surface area contributed by atoms with Crippen molar-refractivity contribution >= 4 is 20.1 Å². The summed E-state index contributed by atoms with van der Waals surface area (Å²) in [4.78, 5) is -1.05. The second-order valence-electron chi connectivity index (χ2n) is 5.77. The highest BCUT2D eigenvalue weighted by molar-refractivity contribution is 7.89. The normalized spacial score (nSPS) is 11.9. The first-order valence-electron chi connectivity index (χ1n) is 8.14. The number of hydrogen-bond acceptors (Lipinski definition) is 7.